The van der Waals surface area contributed by atoms with Gasteiger partial charge in [-0.15, -0.1) is 11.3 Å². The zero-order valence-electron chi connectivity index (χ0n) is 17.0. The van der Waals surface area contributed by atoms with E-state index in [1.807, 2.05) is 73.1 Å². The SMILES string of the molecule is Cc1nn(Cc2ccccc2Cl)c2sc(C(=O)NCc3ccc(N(C)C)nc3)cc12. The Morgan fingerprint density at radius 3 is 2.73 bits per heavy atom. The molecule has 6 nitrogen and oxygen atoms in total. The fraction of sp³-hybridized carbons (Fsp3) is 0.227. The molecule has 0 atom stereocenters. The molecule has 0 saturated heterocycles. The van der Waals surface area contributed by atoms with E-state index in [9.17, 15) is 4.79 Å². The highest BCUT2D eigenvalue weighted by Crippen LogP contribution is 2.29. The van der Waals surface area contributed by atoms with Crippen molar-refractivity contribution < 1.29 is 4.79 Å². The maximum atomic E-state index is 12.7. The van der Waals surface area contributed by atoms with Crippen LogP contribution >= 0.6 is 22.9 Å². The molecule has 30 heavy (non-hydrogen) atoms. The Hall–Kier alpha value is -2.90. The summed E-state index contributed by atoms with van der Waals surface area (Å²) in [5.41, 5.74) is 2.85. The number of nitrogens with zero attached hydrogens (tertiary/aromatic N) is 4. The molecule has 1 amide bonds. The van der Waals surface area contributed by atoms with Crippen molar-refractivity contribution >= 4 is 44.9 Å². The van der Waals surface area contributed by atoms with Gasteiger partial charge in [-0.3, -0.25) is 9.48 Å². The number of fused-ring (bicyclic) bond motifs is 1. The molecule has 0 bridgehead atoms. The second-order valence-corrected chi connectivity index (χ2v) is 8.70. The summed E-state index contributed by atoms with van der Waals surface area (Å²) in [6.07, 6.45) is 1.78. The molecule has 154 valence electrons. The van der Waals surface area contributed by atoms with E-state index < -0.39 is 0 Å². The lowest BCUT2D eigenvalue weighted by atomic mass is 10.2. The minimum atomic E-state index is -0.100. The summed E-state index contributed by atoms with van der Waals surface area (Å²) in [6.45, 7) is 2.95. The number of anilines is 1. The molecule has 0 saturated carbocycles. The van der Waals surface area contributed by atoms with Gasteiger partial charge in [0, 0.05) is 37.2 Å². The molecular weight excluding hydrogens is 418 g/mol. The number of thiophene rings is 1. The van der Waals surface area contributed by atoms with E-state index in [4.69, 9.17) is 11.6 Å². The molecule has 4 rings (SSSR count). The van der Waals surface area contributed by atoms with Crippen LogP contribution in [0.5, 0.6) is 0 Å². The zero-order valence-corrected chi connectivity index (χ0v) is 18.6. The number of amides is 1. The first-order chi connectivity index (χ1) is 14.4. The first-order valence-corrected chi connectivity index (χ1v) is 10.7. The summed E-state index contributed by atoms with van der Waals surface area (Å²) in [5, 5.41) is 9.31. The number of rotatable bonds is 6. The molecule has 1 N–H and O–H groups in total. The highest BCUT2D eigenvalue weighted by atomic mass is 35.5. The van der Waals surface area contributed by atoms with Crippen molar-refractivity contribution in [2.75, 3.05) is 19.0 Å². The van der Waals surface area contributed by atoms with Crippen LogP contribution in [0.1, 0.15) is 26.5 Å². The summed E-state index contributed by atoms with van der Waals surface area (Å²) < 4.78 is 1.91. The Morgan fingerprint density at radius 2 is 2.03 bits per heavy atom. The molecule has 3 aromatic heterocycles. The Morgan fingerprint density at radius 1 is 1.23 bits per heavy atom. The standard InChI is InChI=1S/C22H22ClN5OS/c1-14-17-10-19(21(29)25-12-15-8-9-20(24-11-15)27(2)3)30-22(17)28(26-14)13-16-6-4-5-7-18(16)23/h4-11H,12-13H2,1-3H3,(H,25,29). The lowest BCUT2D eigenvalue weighted by molar-refractivity contribution is 0.0955. The van der Waals surface area contributed by atoms with E-state index in [1.54, 1.807) is 6.20 Å². The molecule has 0 fully saturated rings. The monoisotopic (exact) mass is 439 g/mol. The van der Waals surface area contributed by atoms with E-state index >= 15 is 0 Å². The quantitative estimate of drug-likeness (QED) is 0.480. The predicted octanol–water partition coefficient (Wildman–Crippen LogP) is 4.50. The van der Waals surface area contributed by atoms with Gasteiger partial charge in [-0.25, -0.2) is 4.98 Å². The van der Waals surface area contributed by atoms with Gasteiger partial charge in [0.2, 0.25) is 0 Å². The minimum absolute atomic E-state index is 0.100. The Kier molecular flexibility index (Phi) is 5.74. The third kappa shape index (κ3) is 4.17. The number of carbonyl (C=O) groups is 1. The van der Waals surface area contributed by atoms with Gasteiger partial charge < -0.3 is 10.2 Å². The van der Waals surface area contributed by atoms with Crippen LogP contribution in [0.15, 0.2) is 48.7 Å². The average molecular weight is 440 g/mol. The highest BCUT2D eigenvalue weighted by Gasteiger charge is 2.17. The Labute approximate surface area is 184 Å². The van der Waals surface area contributed by atoms with Crippen LogP contribution in [-0.4, -0.2) is 34.8 Å². The third-order valence-corrected chi connectivity index (χ3v) is 6.35. The first-order valence-electron chi connectivity index (χ1n) is 9.53. The lowest BCUT2D eigenvalue weighted by Gasteiger charge is -2.11. The second-order valence-electron chi connectivity index (χ2n) is 7.27. The van der Waals surface area contributed by atoms with Gasteiger partial charge in [-0.1, -0.05) is 35.9 Å². The topological polar surface area (TPSA) is 63.1 Å². The van der Waals surface area contributed by atoms with Gasteiger partial charge in [0.15, 0.2) is 0 Å². The fourth-order valence-electron chi connectivity index (χ4n) is 3.17. The number of carbonyl (C=O) groups excluding carboxylic acids is 1. The van der Waals surface area contributed by atoms with Crippen molar-refractivity contribution in [3.63, 3.8) is 0 Å². The van der Waals surface area contributed by atoms with Crippen LogP contribution in [0.2, 0.25) is 5.02 Å². The number of nitrogens with one attached hydrogen (secondary N) is 1. The van der Waals surface area contributed by atoms with Crippen molar-refractivity contribution in [2.45, 2.75) is 20.0 Å². The maximum absolute atomic E-state index is 12.7. The van der Waals surface area contributed by atoms with E-state index in [1.165, 1.54) is 11.3 Å². The maximum Gasteiger partial charge on any atom is 0.261 e. The molecule has 0 aliphatic heterocycles. The summed E-state index contributed by atoms with van der Waals surface area (Å²) in [4.78, 5) is 20.7. The molecule has 3 heterocycles. The average Bonchev–Trinajstić information content (AvgIpc) is 3.29. The first kappa shape index (κ1) is 20.4. The summed E-state index contributed by atoms with van der Waals surface area (Å²) >= 11 is 7.75. The zero-order chi connectivity index (χ0) is 21.3. The number of pyridine rings is 1. The summed E-state index contributed by atoms with van der Waals surface area (Å²) in [5.74, 6) is 0.782. The Bertz CT molecular complexity index is 1200. The normalized spacial score (nSPS) is 11.1. The number of hydrogen-bond acceptors (Lipinski definition) is 5. The van der Waals surface area contributed by atoms with Crippen LogP contribution in [-0.2, 0) is 13.1 Å². The highest BCUT2D eigenvalue weighted by molar-refractivity contribution is 7.20. The molecule has 0 spiro atoms. The van der Waals surface area contributed by atoms with Crippen molar-refractivity contribution in [1.82, 2.24) is 20.1 Å². The number of halogens is 1. The van der Waals surface area contributed by atoms with Crippen molar-refractivity contribution in [1.29, 1.82) is 0 Å². The van der Waals surface area contributed by atoms with E-state index in [0.717, 1.165) is 32.9 Å². The molecular formula is C22H22ClN5OS. The number of aromatic nitrogens is 3. The number of hydrogen-bond donors (Lipinski definition) is 1. The molecule has 4 aromatic rings. The van der Waals surface area contributed by atoms with Crippen molar-refractivity contribution in [2.24, 2.45) is 0 Å². The fourth-order valence-corrected chi connectivity index (χ4v) is 4.45. The number of benzene rings is 1. The third-order valence-electron chi connectivity index (χ3n) is 4.83. The Balaban J connectivity index is 1.50. The molecule has 0 radical (unpaired) electrons. The molecule has 0 aliphatic rings. The van der Waals surface area contributed by atoms with Gasteiger partial charge in [-0.2, -0.15) is 5.10 Å². The van der Waals surface area contributed by atoms with Gasteiger partial charge in [0.25, 0.3) is 5.91 Å². The summed E-state index contributed by atoms with van der Waals surface area (Å²) in [7, 11) is 3.89. The second kappa shape index (κ2) is 8.45. The van der Waals surface area contributed by atoms with Crippen molar-refractivity contribution in [3.8, 4) is 0 Å². The van der Waals surface area contributed by atoms with Gasteiger partial charge in [-0.05, 0) is 36.2 Å². The summed E-state index contributed by atoms with van der Waals surface area (Å²) in [6, 6.07) is 13.6. The smallest absolute Gasteiger partial charge is 0.261 e. The van der Waals surface area contributed by atoms with Gasteiger partial charge in [0.05, 0.1) is 17.1 Å². The van der Waals surface area contributed by atoms with Crippen molar-refractivity contribution in [3.05, 3.63) is 75.4 Å². The molecule has 1 aromatic carbocycles. The van der Waals surface area contributed by atoms with E-state index in [0.29, 0.717) is 23.0 Å². The van der Waals surface area contributed by atoms with Crippen LogP contribution in [0.4, 0.5) is 5.82 Å². The molecule has 0 unspecified atom stereocenters. The predicted molar refractivity (Wildman–Crippen MR) is 123 cm³/mol. The van der Waals surface area contributed by atoms with Gasteiger partial charge >= 0.3 is 0 Å². The van der Waals surface area contributed by atoms with E-state index in [2.05, 4.69) is 15.4 Å². The minimum Gasteiger partial charge on any atom is -0.363 e. The van der Waals surface area contributed by atoms with Crippen LogP contribution < -0.4 is 10.2 Å². The molecule has 0 aliphatic carbocycles. The van der Waals surface area contributed by atoms with Crippen LogP contribution in [0.3, 0.4) is 0 Å². The van der Waals surface area contributed by atoms with E-state index in [-0.39, 0.29) is 5.91 Å². The van der Waals surface area contributed by atoms with Gasteiger partial charge in [0.1, 0.15) is 10.6 Å². The van der Waals surface area contributed by atoms with Crippen LogP contribution in [0, 0.1) is 6.92 Å². The largest absolute Gasteiger partial charge is 0.363 e. The number of aryl methyl sites for hydroxylation is 1. The molecule has 8 heteroatoms. The van der Waals surface area contributed by atoms with Crippen LogP contribution in [0.25, 0.3) is 10.2 Å². The lowest BCUT2D eigenvalue weighted by Crippen LogP contribution is -2.22.